The normalized spacial score (nSPS) is 11.1. The van der Waals surface area contributed by atoms with Crippen LogP contribution in [0.25, 0.3) is 0 Å². The van der Waals surface area contributed by atoms with E-state index in [1.54, 1.807) is 24.3 Å². The Morgan fingerprint density at radius 2 is 1.84 bits per heavy atom. The third kappa shape index (κ3) is 10.7. The Labute approximate surface area is 117 Å². The van der Waals surface area contributed by atoms with Crippen LogP contribution in [-0.4, -0.2) is 43.8 Å². The van der Waals surface area contributed by atoms with Crippen molar-refractivity contribution in [1.29, 1.82) is 0 Å². The van der Waals surface area contributed by atoms with Gasteiger partial charge in [0, 0.05) is 26.4 Å². The molecule has 0 spiro atoms. The van der Waals surface area contributed by atoms with Gasteiger partial charge in [0.2, 0.25) is 5.91 Å². The molecule has 0 rings (SSSR count). The molecule has 0 aliphatic heterocycles. The Kier molecular flexibility index (Phi) is 9.54. The largest absolute Gasteiger partial charge is 0.335 e. The monoisotopic (exact) mass is 287 g/mol. The van der Waals surface area contributed by atoms with E-state index in [0.717, 1.165) is 32.2 Å². The van der Waals surface area contributed by atoms with Crippen molar-refractivity contribution in [2.45, 2.75) is 25.7 Å². The summed E-state index contributed by atoms with van der Waals surface area (Å²) < 4.78 is 16.5. The fourth-order valence-electron chi connectivity index (χ4n) is 1.62. The lowest BCUT2D eigenvalue weighted by molar-refractivity contribution is -0.125. The Bertz CT molecular complexity index is 336. The average molecular weight is 287 g/mol. The number of carbonyl (C=O) groups excluding carboxylic acids is 1. The van der Waals surface area contributed by atoms with E-state index in [9.17, 15) is 9.36 Å². The molecule has 0 atom stereocenters. The van der Waals surface area contributed by atoms with Gasteiger partial charge in [0.1, 0.15) is 0 Å². The highest BCUT2D eigenvalue weighted by atomic mass is 31.2. The van der Waals surface area contributed by atoms with Crippen LogP contribution in [-0.2, 0) is 13.9 Å². The van der Waals surface area contributed by atoms with Crippen LogP contribution in [0, 0.1) is 0 Å². The minimum Gasteiger partial charge on any atom is -0.335 e. The predicted molar refractivity (Wildman–Crippen MR) is 80.8 cm³/mol. The quantitative estimate of drug-likeness (QED) is 0.253. The van der Waals surface area contributed by atoms with E-state index in [1.165, 1.54) is 6.08 Å². The van der Waals surface area contributed by atoms with Crippen LogP contribution in [0.3, 0.4) is 0 Å². The highest BCUT2D eigenvalue weighted by Gasteiger charge is 2.08. The van der Waals surface area contributed by atoms with Crippen molar-refractivity contribution < 1.29 is 13.9 Å². The van der Waals surface area contributed by atoms with Crippen molar-refractivity contribution in [3.8, 4) is 0 Å². The van der Waals surface area contributed by atoms with Gasteiger partial charge < -0.3 is 9.42 Å². The third-order valence-electron chi connectivity index (χ3n) is 2.56. The van der Waals surface area contributed by atoms with Crippen molar-refractivity contribution in [3.05, 3.63) is 25.3 Å². The summed E-state index contributed by atoms with van der Waals surface area (Å²) >= 11 is 0. The second-order valence-corrected chi connectivity index (χ2v) is 7.54. The molecule has 19 heavy (non-hydrogen) atoms. The van der Waals surface area contributed by atoms with Gasteiger partial charge in [-0.05, 0) is 18.9 Å². The van der Waals surface area contributed by atoms with E-state index in [0.29, 0.717) is 13.2 Å². The molecule has 0 fully saturated rings. The summed E-state index contributed by atoms with van der Waals surface area (Å²) in [6.07, 6.45) is 6.95. The molecular formula is C14H26NO3P. The Morgan fingerprint density at radius 3 is 2.37 bits per heavy atom. The highest BCUT2D eigenvalue weighted by Crippen LogP contribution is 2.37. The molecule has 0 aliphatic rings. The van der Waals surface area contributed by atoms with E-state index in [4.69, 9.17) is 4.52 Å². The Morgan fingerprint density at radius 1 is 1.21 bits per heavy atom. The number of rotatable bonds is 11. The van der Waals surface area contributed by atoms with Crippen molar-refractivity contribution >= 4 is 13.3 Å². The van der Waals surface area contributed by atoms with Crippen LogP contribution in [0.5, 0.6) is 0 Å². The second kappa shape index (κ2) is 9.99. The number of hydrogen-bond donors (Lipinski definition) is 0. The fourth-order valence-corrected chi connectivity index (χ4v) is 2.19. The van der Waals surface area contributed by atoms with E-state index >= 15 is 0 Å². The zero-order valence-corrected chi connectivity index (χ0v) is 13.0. The number of carbonyl (C=O) groups is 1. The summed E-state index contributed by atoms with van der Waals surface area (Å²) in [4.78, 5) is 13.2. The third-order valence-corrected chi connectivity index (χ3v) is 3.36. The van der Waals surface area contributed by atoms with E-state index < -0.39 is 7.37 Å². The molecule has 0 aromatic rings. The number of amides is 1. The molecule has 110 valence electrons. The number of nitrogens with zero attached hydrogens (tertiary/aromatic N) is 1. The highest BCUT2D eigenvalue weighted by molar-refractivity contribution is 7.57. The predicted octanol–water partition coefficient (Wildman–Crippen LogP) is 3.30. The van der Waals surface area contributed by atoms with Crippen LogP contribution < -0.4 is 0 Å². The standard InChI is InChI=1S/C14H26NO3P/c1-5-11-15(14(16)6-2)12-9-7-8-10-13-18-19(3,4)17/h5-6H,1-2,7-13H2,3-4H3. The van der Waals surface area contributed by atoms with Gasteiger partial charge in [-0.2, -0.15) is 0 Å². The first kappa shape index (κ1) is 18.1. The van der Waals surface area contributed by atoms with Gasteiger partial charge in [-0.3, -0.25) is 9.36 Å². The summed E-state index contributed by atoms with van der Waals surface area (Å²) in [6.45, 7) is 12.2. The first-order valence-corrected chi connectivity index (χ1v) is 9.14. The molecule has 0 radical (unpaired) electrons. The SMILES string of the molecule is C=CCN(CCCCCCOP(C)(C)=O)C(=O)C=C. The molecule has 0 heterocycles. The van der Waals surface area contributed by atoms with Crippen LogP contribution in [0.1, 0.15) is 25.7 Å². The molecular weight excluding hydrogens is 261 g/mol. The van der Waals surface area contributed by atoms with E-state index in [2.05, 4.69) is 13.2 Å². The van der Waals surface area contributed by atoms with Crippen molar-refractivity contribution in [2.75, 3.05) is 33.0 Å². The van der Waals surface area contributed by atoms with E-state index in [1.807, 2.05) is 0 Å². The lowest BCUT2D eigenvalue weighted by Crippen LogP contribution is -2.30. The van der Waals surface area contributed by atoms with Gasteiger partial charge in [0.25, 0.3) is 0 Å². The molecule has 0 aromatic heterocycles. The van der Waals surface area contributed by atoms with Crippen molar-refractivity contribution in [3.63, 3.8) is 0 Å². The Hall–Kier alpha value is -0.860. The lowest BCUT2D eigenvalue weighted by atomic mass is 10.2. The lowest BCUT2D eigenvalue weighted by Gasteiger charge is -2.19. The van der Waals surface area contributed by atoms with Gasteiger partial charge in [-0.15, -0.1) is 6.58 Å². The molecule has 0 unspecified atom stereocenters. The summed E-state index contributed by atoms with van der Waals surface area (Å²) in [7, 11) is -2.34. The van der Waals surface area contributed by atoms with Crippen LogP contribution in [0.4, 0.5) is 0 Å². The average Bonchev–Trinajstić information content (AvgIpc) is 2.34. The minimum absolute atomic E-state index is 0.0545. The van der Waals surface area contributed by atoms with Gasteiger partial charge in [-0.1, -0.05) is 25.5 Å². The first-order chi connectivity index (χ1) is 8.90. The van der Waals surface area contributed by atoms with Gasteiger partial charge >= 0.3 is 0 Å². The topological polar surface area (TPSA) is 46.6 Å². The Balaban J connectivity index is 3.66. The van der Waals surface area contributed by atoms with Crippen LogP contribution in [0.2, 0.25) is 0 Å². The maximum absolute atomic E-state index is 11.5. The van der Waals surface area contributed by atoms with Crippen LogP contribution in [0.15, 0.2) is 25.3 Å². The molecule has 0 saturated heterocycles. The minimum atomic E-state index is -2.34. The summed E-state index contributed by atoms with van der Waals surface area (Å²) in [6, 6.07) is 0. The molecule has 5 heteroatoms. The number of hydrogen-bond acceptors (Lipinski definition) is 3. The second-order valence-electron chi connectivity index (χ2n) is 4.78. The zero-order valence-electron chi connectivity index (χ0n) is 12.1. The number of unbranched alkanes of at least 4 members (excludes halogenated alkanes) is 3. The van der Waals surface area contributed by atoms with Gasteiger partial charge in [0.15, 0.2) is 7.37 Å². The summed E-state index contributed by atoms with van der Waals surface area (Å²) in [5, 5.41) is 0. The molecule has 0 aliphatic carbocycles. The molecule has 0 aromatic carbocycles. The smallest absolute Gasteiger partial charge is 0.246 e. The maximum atomic E-state index is 11.5. The summed E-state index contributed by atoms with van der Waals surface area (Å²) in [5.74, 6) is -0.0545. The van der Waals surface area contributed by atoms with Crippen LogP contribution >= 0.6 is 7.37 Å². The fraction of sp³-hybridized carbons (Fsp3) is 0.643. The molecule has 0 bridgehead atoms. The van der Waals surface area contributed by atoms with E-state index in [-0.39, 0.29) is 5.91 Å². The zero-order chi connectivity index (χ0) is 14.7. The van der Waals surface area contributed by atoms with Crippen molar-refractivity contribution in [2.24, 2.45) is 0 Å². The van der Waals surface area contributed by atoms with Crippen molar-refractivity contribution in [1.82, 2.24) is 4.90 Å². The first-order valence-electron chi connectivity index (χ1n) is 6.62. The van der Waals surface area contributed by atoms with Gasteiger partial charge in [0.05, 0.1) is 6.61 Å². The molecule has 1 amide bonds. The summed E-state index contributed by atoms with van der Waals surface area (Å²) in [5.41, 5.74) is 0. The molecule has 0 N–H and O–H groups in total. The maximum Gasteiger partial charge on any atom is 0.246 e. The molecule has 4 nitrogen and oxygen atoms in total. The van der Waals surface area contributed by atoms with Gasteiger partial charge in [-0.25, -0.2) is 0 Å². The molecule has 0 saturated carbocycles.